The molecule has 15 heavy (non-hydrogen) atoms. The van der Waals surface area contributed by atoms with E-state index in [1.807, 2.05) is 4.90 Å². The Kier molecular flexibility index (Phi) is 3.94. The van der Waals surface area contributed by atoms with Gasteiger partial charge in [-0.25, -0.2) is 0 Å². The zero-order valence-corrected chi connectivity index (χ0v) is 8.91. The number of rotatable bonds is 3. The average Bonchev–Trinajstić information content (AvgIpc) is 2.80. The highest BCUT2D eigenvalue weighted by Gasteiger charge is 2.20. The van der Waals surface area contributed by atoms with E-state index < -0.39 is 0 Å². The Hall–Kier alpha value is -0.650. The minimum atomic E-state index is -0.156. The average molecular weight is 214 g/mol. The van der Waals surface area contributed by atoms with E-state index >= 15 is 0 Å². The van der Waals surface area contributed by atoms with Gasteiger partial charge in [0.2, 0.25) is 5.91 Å². The van der Waals surface area contributed by atoms with E-state index in [4.69, 9.17) is 9.47 Å². The highest BCUT2D eigenvalue weighted by molar-refractivity contribution is 5.76. The van der Waals surface area contributed by atoms with Crippen molar-refractivity contribution in [2.24, 2.45) is 0 Å². The highest BCUT2D eigenvalue weighted by Crippen LogP contribution is 2.11. The van der Waals surface area contributed by atoms with Crippen molar-refractivity contribution in [1.29, 1.82) is 0 Å². The van der Waals surface area contributed by atoms with Gasteiger partial charge < -0.3 is 19.7 Å². The number of hydrogen-bond acceptors (Lipinski definition) is 4. The maximum atomic E-state index is 11.7. The predicted octanol–water partition coefficient (Wildman–Crippen LogP) is -0.429. The molecule has 2 fully saturated rings. The molecule has 2 aliphatic heterocycles. The van der Waals surface area contributed by atoms with Gasteiger partial charge in [-0.3, -0.25) is 4.79 Å². The number of nitrogens with zero attached hydrogens (tertiary/aromatic N) is 1. The van der Waals surface area contributed by atoms with Crippen molar-refractivity contribution in [2.45, 2.75) is 19.1 Å². The second-order valence-corrected chi connectivity index (χ2v) is 3.84. The second-order valence-electron chi connectivity index (χ2n) is 3.84. The van der Waals surface area contributed by atoms with Gasteiger partial charge in [0.15, 0.2) is 6.29 Å². The normalized spacial score (nSPS) is 23.3. The summed E-state index contributed by atoms with van der Waals surface area (Å²) in [7, 11) is 0. The number of ether oxygens (including phenoxy) is 2. The van der Waals surface area contributed by atoms with E-state index in [9.17, 15) is 4.79 Å². The molecule has 0 saturated carbocycles. The summed E-state index contributed by atoms with van der Waals surface area (Å²) in [5.74, 6) is 0.218. The molecule has 86 valence electrons. The van der Waals surface area contributed by atoms with Gasteiger partial charge in [-0.05, 0) is 0 Å². The fourth-order valence-electron chi connectivity index (χ4n) is 1.89. The number of nitrogens with one attached hydrogen (secondary N) is 1. The Morgan fingerprint density at radius 1 is 1.27 bits per heavy atom. The molecule has 0 atom stereocenters. The lowest BCUT2D eigenvalue weighted by Gasteiger charge is -2.27. The maximum absolute atomic E-state index is 11.7. The van der Waals surface area contributed by atoms with E-state index in [1.54, 1.807) is 0 Å². The van der Waals surface area contributed by atoms with Crippen LogP contribution in [0.5, 0.6) is 0 Å². The first-order valence-electron chi connectivity index (χ1n) is 5.58. The molecule has 0 aromatic rings. The molecular formula is C10H18N2O3. The number of hydrogen-bond donors (Lipinski definition) is 1. The van der Waals surface area contributed by atoms with Gasteiger partial charge in [-0.15, -0.1) is 0 Å². The zero-order valence-electron chi connectivity index (χ0n) is 8.91. The molecule has 0 aliphatic carbocycles. The van der Waals surface area contributed by atoms with Crippen LogP contribution in [-0.4, -0.2) is 56.5 Å². The molecule has 5 nitrogen and oxygen atoms in total. The summed E-state index contributed by atoms with van der Waals surface area (Å²) in [6.45, 7) is 4.78. The van der Waals surface area contributed by atoms with Crippen molar-refractivity contribution in [3.8, 4) is 0 Å². The van der Waals surface area contributed by atoms with E-state index in [1.165, 1.54) is 0 Å². The lowest BCUT2D eigenvalue weighted by atomic mass is 10.2. The lowest BCUT2D eigenvalue weighted by Crippen LogP contribution is -2.46. The van der Waals surface area contributed by atoms with Crippen LogP contribution < -0.4 is 5.32 Å². The summed E-state index contributed by atoms with van der Waals surface area (Å²) in [5, 5.41) is 3.22. The first-order valence-corrected chi connectivity index (χ1v) is 5.58. The highest BCUT2D eigenvalue weighted by atomic mass is 16.7. The van der Waals surface area contributed by atoms with E-state index in [0.717, 1.165) is 26.2 Å². The largest absolute Gasteiger partial charge is 0.350 e. The summed E-state index contributed by atoms with van der Waals surface area (Å²) in [6.07, 6.45) is 1.06. The number of carbonyl (C=O) groups is 1. The van der Waals surface area contributed by atoms with Gasteiger partial charge in [0.1, 0.15) is 0 Å². The second kappa shape index (κ2) is 5.44. The van der Waals surface area contributed by atoms with Crippen molar-refractivity contribution in [1.82, 2.24) is 10.2 Å². The Bertz CT molecular complexity index is 211. The number of piperazine rings is 1. The lowest BCUT2D eigenvalue weighted by molar-refractivity contribution is -0.134. The van der Waals surface area contributed by atoms with Crippen LogP contribution in [-0.2, 0) is 14.3 Å². The first kappa shape index (κ1) is 10.9. The fourth-order valence-corrected chi connectivity index (χ4v) is 1.89. The third-order valence-electron chi connectivity index (χ3n) is 2.75. The third-order valence-corrected chi connectivity index (χ3v) is 2.75. The SMILES string of the molecule is O=C(CCC1OCCO1)N1CCNCC1. The Balaban J connectivity index is 1.66. The maximum Gasteiger partial charge on any atom is 0.222 e. The topological polar surface area (TPSA) is 50.8 Å². The summed E-state index contributed by atoms with van der Waals surface area (Å²) >= 11 is 0. The summed E-state index contributed by atoms with van der Waals surface area (Å²) in [4.78, 5) is 13.7. The predicted molar refractivity (Wildman–Crippen MR) is 54.4 cm³/mol. The smallest absolute Gasteiger partial charge is 0.222 e. The monoisotopic (exact) mass is 214 g/mol. The fraction of sp³-hybridized carbons (Fsp3) is 0.900. The molecule has 0 unspecified atom stereocenters. The quantitative estimate of drug-likeness (QED) is 0.692. The van der Waals surface area contributed by atoms with Gasteiger partial charge in [0, 0.05) is 39.0 Å². The minimum Gasteiger partial charge on any atom is -0.350 e. The molecular weight excluding hydrogens is 196 g/mol. The molecule has 2 aliphatic rings. The Morgan fingerprint density at radius 3 is 2.60 bits per heavy atom. The summed E-state index contributed by atoms with van der Waals surface area (Å²) in [6, 6.07) is 0. The van der Waals surface area contributed by atoms with Crippen LogP contribution in [0.25, 0.3) is 0 Å². The van der Waals surface area contributed by atoms with Crippen molar-refractivity contribution in [3.63, 3.8) is 0 Å². The Morgan fingerprint density at radius 2 is 1.93 bits per heavy atom. The molecule has 0 bridgehead atoms. The molecule has 1 amide bonds. The van der Waals surface area contributed by atoms with Gasteiger partial charge in [0.25, 0.3) is 0 Å². The molecule has 2 rings (SSSR count). The van der Waals surface area contributed by atoms with Crippen molar-refractivity contribution < 1.29 is 14.3 Å². The zero-order chi connectivity index (χ0) is 10.5. The van der Waals surface area contributed by atoms with Gasteiger partial charge in [-0.2, -0.15) is 0 Å². The van der Waals surface area contributed by atoms with Crippen molar-refractivity contribution >= 4 is 5.91 Å². The molecule has 2 heterocycles. The molecule has 0 aromatic carbocycles. The van der Waals surface area contributed by atoms with E-state index in [-0.39, 0.29) is 12.2 Å². The van der Waals surface area contributed by atoms with Gasteiger partial charge in [0.05, 0.1) is 13.2 Å². The summed E-state index contributed by atoms with van der Waals surface area (Å²) < 4.78 is 10.6. The number of carbonyl (C=O) groups excluding carboxylic acids is 1. The third kappa shape index (κ3) is 3.15. The Labute approximate surface area is 89.7 Å². The molecule has 5 heteroatoms. The van der Waals surface area contributed by atoms with Crippen LogP contribution >= 0.6 is 0 Å². The molecule has 1 N–H and O–H groups in total. The van der Waals surface area contributed by atoms with Crippen LogP contribution in [0.15, 0.2) is 0 Å². The number of amides is 1. The van der Waals surface area contributed by atoms with Gasteiger partial charge >= 0.3 is 0 Å². The van der Waals surface area contributed by atoms with Crippen LogP contribution in [0.1, 0.15) is 12.8 Å². The van der Waals surface area contributed by atoms with Crippen molar-refractivity contribution in [3.05, 3.63) is 0 Å². The first-order chi connectivity index (χ1) is 7.36. The molecule has 0 aromatic heterocycles. The van der Waals surface area contributed by atoms with Crippen LogP contribution in [0.2, 0.25) is 0 Å². The van der Waals surface area contributed by atoms with Crippen LogP contribution in [0, 0.1) is 0 Å². The summed E-state index contributed by atoms with van der Waals surface area (Å²) in [5.41, 5.74) is 0. The molecule has 2 saturated heterocycles. The van der Waals surface area contributed by atoms with Crippen molar-refractivity contribution in [2.75, 3.05) is 39.4 Å². The molecule has 0 spiro atoms. The van der Waals surface area contributed by atoms with Crippen LogP contribution in [0.3, 0.4) is 0 Å². The van der Waals surface area contributed by atoms with E-state index in [0.29, 0.717) is 26.1 Å². The standard InChI is InChI=1S/C10H18N2O3/c13-9(12-5-3-11-4-6-12)1-2-10-14-7-8-15-10/h10-11H,1-8H2. The van der Waals surface area contributed by atoms with Crippen LogP contribution in [0.4, 0.5) is 0 Å². The van der Waals surface area contributed by atoms with Gasteiger partial charge in [-0.1, -0.05) is 0 Å². The minimum absolute atomic E-state index is 0.156. The van der Waals surface area contributed by atoms with E-state index in [2.05, 4.69) is 5.32 Å². The molecule has 0 radical (unpaired) electrons.